The van der Waals surface area contributed by atoms with Gasteiger partial charge >= 0.3 is 0 Å². The topological polar surface area (TPSA) is 58.2 Å². The Kier molecular flexibility index (Phi) is 6.85. The third-order valence-electron chi connectivity index (χ3n) is 4.36. The molecule has 1 aromatic heterocycles. The first-order chi connectivity index (χ1) is 13.5. The van der Waals surface area contributed by atoms with Gasteiger partial charge in [-0.25, -0.2) is 0 Å². The van der Waals surface area contributed by atoms with E-state index in [1.54, 1.807) is 17.4 Å². The summed E-state index contributed by atoms with van der Waals surface area (Å²) in [5.74, 6) is -0.295. The van der Waals surface area contributed by atoms with Crippen molar-refractivity contribution in [3.05, 3.63) is 92.6 Å². The molecule has 144 valence electrons. The van der Waals surface area contributed by atoms with Crippen molar-refractivity contribution >= 4 is 34.8 Å². The SMILES string of the molecule is Cc1ccccc1C(=O)NCCC(=O)NC(c1ccc(Cl)cc1)c1cccs1. The Morgan fingerprint density at radius 2 is 1.79 bits per heavy atom. The predicted molar refractivity (Wildman–Crippen MR) is 114 cm³/mol. The monoisotopic (exact) mass is 412 g/mol. The lowest BCUT2D eigenvalue weighted by Crippen LogP contribution is -2.33. The maximum atomic E-state index is 12.5. The third kappa shape index (κ3) is 5.21. The van der Waals surface area contributed by atoms with Crippen LogP contribution in [0.25, 0.3) is 0 Å². The first kappa shape index (κ1) is 20.1. The van der Waals surface area contributed by atoms with Crippen molar-refractivity contribution in [3.8, 4) is 0 Å². The Bertz CT molecular complexity index is 939. The van der Waals surface area contributed by atoms with Gasteiger partial charge in [-0.3, -0.25) is 9.59 Å². The molecule has 0 aliphatic heterocycles. The predicted octanol–water partition coefficient (Wildman–Crippen LogP) is 4.74. The number of hydrogen-bond acceptors (Lipinski definition) is 3. The van der Waals surface area contributed by atoms with Crippen LogP contribution in [0.2, 0.25) is 5.02 Å². The number of thiophene rings is 1. The Balaban J connectivity index is 1.59. The highest BCUT2D eigenvalue weighted by Crippen LogP contribution is 2.27. The second kappa shape index (κ2) is 9.53. The summed E-state index contributed by atoms with van der Waals surface area (Å²) in [6, 6.07) is 18.5. The lowest BCUT2D eigenvalue weighted by molar-refractivity contribution is -0.121. The van der Waals surface area contributed by atoms with Crippen molar-refractivity contribution in [2.45, 2.75) is 19.4 Å². The number of carbonyl (C=O) groups is 2. The van der Waals surface area contributed by atoms with Crippen molar-refractivity contribution in [3.63, 3.8) is 0 Å². The minimum absolute atomic E-state index is 0.126. The number of halogens is 1. The molecule has 2 amide bonds. The zero-order valence-electron chi connectivity index (χ0n) is 15.4. The number of amides is 2. The molecule has 0 aliphatic rings. The van der Waals surface area contributed by atoms with E-state index in [9.17, 15) is 9.59 Å². The van der Waals surface area contributed by atoms with E-state index in [4.69, 9.17) is 11.6 Å². The Morgan fingerprint density at radius 1 is 1.04 bits per heavy atom. The van der Waals surface area contributed by atoms with Crippen LogP contribution in [0.3, 0.4) is 0 Å². The van der Waals surface area contributed by atoms with Crippen molar-refractivity contribution in [1.29, 1.82) is 0 Å². The van der Waals surface area contributed by atoms with E-state index < -0.39 is 0 Å². The van der Waals surface area contributed by atoms with Crippen molar-refractivity contribution < 1.29 is 9.59 Å². The molecule has 0 aliphatic carbocycles. The van der Waals surface area contributed by atoms with Crippen molar-refractivity contribution in [1.82, 2.24) is 10.6 Å². The van der Waals surface area contributed by atoms with Crippen LogP contribution < -0.4 is 10.6 Å². The van der Waals surface area contributed by atoms with E-state index >= 15 is 0 Å². The van der Waals surface area contributed by atoms with Crippen LogP contribution in [0.4, 0.5) is 0 Å². The molecular formula is C22H21ClN2O2S. The first-order valence-electron chi connectivity index (χ1n) is 8.96. The van der Waals surface area contributed by atoms with Gasteiger partial charge in [0.2, 0.25) is 5.91 Å². The van der Waals surface area contributed by atoms with Crippen LogP contribution in [-0.2, 0) is 4.79 Å². The number of rotatable bonds is 7. The average molecular weight is 413 g/mol. The van der Waals surface area contributed by atoms with Gasteiger partial charge in [0.15, 0.2) is 0 Å². The van der Waals surface area contributed by atoms with Crippen molar-refractivity contribution in [2.75, 3.05) is 6.54 Å². The van der Waals surface area contributed by atoms with Crippen LogP contribution in [-0.4, -0.2) is 18.4 Å². The maximum absolute atomic E-state index is 12.5. The molecule has 2 aromatic carbocycles. The largest absolute Gasteiger partial charge is 0.352 e. The number of hydrogen-bond donors (Lipinski definition) is 2. The quantitative estimate of drug-likeness (QED) is 0.589. The summed E-state index contributed by atoms with van der Waals surface area (Å²) in [5, 5.41) is 8.50. The molecular weight excluding hydrogens is 392 g/mol. The zero-order valence-corrected chi connectivity index (χ0v) is 17.0. The standard InChI is InChI=1S/C22H21ClN2O2S/c1-15-5-2-3-6-18(15)22(27)24-13-12-20(26)25-21(19-7-4-14-28-19)16-8-10-17(23)11-9-16/h2-11,14,21H,12-13H2,1H3,(H,24,27)(H,25,26). The summed E-state index contributed by atoms with van der Waals surface area (Å²) in [7, 11) is 0. The number of benzene rings is 2. The Labute approximate surface area is 173 Å². The number of nitrogens with one attached hydrogen (secondary N) is 2. The van der Waals surface area contributed by atoms with Gasteiger partial charge in [-0.15, -0.1) is 11.3 Å². The van der Waals surface area contributed by atoms with Gasteiger partial charge < -0.3 is 10.6 Å². The fourth-order valence-electron chi connectivity index (χ4n) is 2.88. The lowest BCUT2D eigenvalue weighted by atomic mass is 10.1. The maximum Gasteiger partial charge on any atom is 0.251 e. The molecule has 1 unspecified atom stereocenters. The lowest BCUT2D eigenvalue weighted by Gasteiger charge is -2.18. The Hall–Kier alpha value is -2.63. The van der Waals surface area contributed by atoms with Crippen LogP contribution in [0.5, 0.6) is 0 Å². The highest BCUT2D eigenvalue weighted by molar-refractivity contribution is 7.10. The van der Waals surface area contributed by atoms with Gasteiger partial charge in [-0.1, -0.05) is 48.0 Å². The minimum Gasteiger partial charge on any atom is -0.352 e. The molecule has 0 saturated carbocycles. The smallest absolute Gasteiger partial charge is 0.251 e. The summed E-state index contributed by atoms with van der Waals surface area (Å²) in [6.07, 6.45) is 0.201. The van der Waals surface area contributed by atoms with E-state index in [0.717, 1.165) is 16.0 Å². The second-order valence-electron chi connectivity index (χ2n) is 6.39. The first-order valence-corrected chi connectivity index (χ1v) is 10.2. The van der Waals surface area contributed by atoms with Crippen LogP contribution >= 0.6 is 22.9 Å². The van der Waals surface area contributed by atoms with Crippen molar-refractivity contribution in [2.24, 2.45) is 0 Å². The van der Waals surface area contributed by atoms with E-state index in [1.165, 1.54) is 0 Å². The fraction of sp³-hybridized carbons (Fsp3) is 0.182. The molecule has 3 rings (SSSR count). The molecule has 1 heterocycles. The van der Waals surface area contributed by atoms with Gasteiger partial charge in [0.05, 0.1) is 6.04 Å². The second-order valence-corrected chi connectivity index (χ2v) is 7.80. The van der Waals surface area contributed by atoms with Gasteiger partial charge in [0.1, 0.15) is 0 Å². The van der Waals surface area contributed by atoms with Gasteiger partial charge in [0, 0.05) is 28.4 Å². The minimum atomic E-state index is -0.239. The van der Waals surface area contributed by atoms with Gasteiger partial charge in [-0.2, -0.15) is 0 Å². The Morgan fingerprint density at radius 3 is 2.46 bits per heavy atom. The number of carbonyl (C=O) groups excluding carboxylic acids is 2. The highest BCUT2D eigenvalue weighted by atomic mass is 35.5. The molecule has 2 N–H and O–H groups in total. The molecule has 0 radical (unpaired) electrons. The number of aryl methyl sites for hydroxylation is 1. The third-order valence-corrected chi connectivity index (χ3v) is 5.55. The van der Waals surface area contributed by atoms with Crippen LogP contribution in [0, 0.1) is 6.92 Å². The summed E-state index contributed by atoms with van der Waals surface area (Å²) in [4.78, 5) is 25.8. The molecule has 6 heteroatoms. The molecule has 0 spiro atoms. The average Bonchev–Trinajstić information content (AvgIpc) is 3.22. The van der Waals surface area contributed by atoms with Crippen LogP contribution in [0.1, 0.15) is 38.8 Å². The summed E-state index contributed by atoms with van der Waals surface area (Å²) < 4.78 is 0. The van der Waals surface area contributed by atoms with E-state index in [2.05, 4.69) is 10.6 Å². The molecule has 1 atom stereocenters. The summed E-state index contributed by atoms with van der Waals surface area (Å²) in [5.41, 5.74) is 2.50. The van der Waals surface area contributed by atoms with Gasteiger partial charge in [-0.05, 0) is 47.7 Å². The molecule has 0 bridgehead atoms. The van der Waals surface area contributed by atoms with E-state index in [1.807, 2.05) is 66.9 Å². The summed E-state index contributed by atoms with van der Waals surface area (Å²) >= 11 is 7.56. The molecule has 28 heavy (non-hydrogen) atoms. The fourth-order valence-corrected chi connectivity index (χ4v) is 3.80. The molecule has 0 fully saturated rings. The van der Waals surface area contributed by atoms with E-state index in [-0.39, 0.29) is 30.8 Å². The molecule has 4 nitrogen and oxygen atoms in total. The molecule has 0 saturated heterocycles. The van der Waals surface area contributed by atoms with Crippen LogP contribution in [0.15, 0.2) is 66.0 Å². The normalized spacial score (nSPS) is 11.6. The summed E-state index contributed by atoms with van der Waals surface area (Å²) in [6.45, 7) is 2.16. The zero-order chi connectivity index (χ0) is 19.9. The van der Waals surface area contributed by atoms with E-state index in [0.29, 0.717) is 10.6 Å². The highest BCUT2D eigenvalue weighted by Gasteiger charge is 2.18. The molecule has 3 aromatic rings. The van der Waals surface area contributed by atoms with Gasteiger partial charge in [0.25, 0.3) is 5.91 Å².